The summed E-state index contributed by atoms with van der Waals surface area (Å²) in [6, 6.07) is 24.9. The maximum atomic E-state index is 12.1. The van der Waals surface area contributed by atoms with Gasteiger partial charge in [0.05, 0.1) is 0 Å². The van der Waals surface area contributed by atoms with Crippen molar-refractivity contribution in [2.45, 2.75) is 17.8 Å². The van der Waals surface area contributed by atoms with Gasteiger partial charge in [-0.1, -0.05) is 53.7 Å². The fraction of sp³-hybridized carbons (Fsp3) is 0.0800. The van der Waals surface area contributed by atoms with Crippen molar-refractivity contribution < 1.29 is 4.42 Å². The van der Waals surface area contributed by atoms with Crippen LogP contribution in [0.5, 0.6) is 0 Å². The molecule has 0 aliphatic rings. The van der Waals surface area contributed by atoms with Gasteiger partial charge in [-0.3, -0.25) is 4.57 Å². The fourth-order valence-electron chi connectivity index (χ4n) is 3.56. The number of hydrogen-bond donors (Lipinski definition) is 0. The molecule has 0 radical (unpaired) electrons. The van der Waals surface area contributed by atoms with Gasteiger partial charge in [-0.25, -0.2) is 4.79 Å². The summed E-state index contributed by atoms with van der Waals surface area (Å²) < 4.78 is 7.41. The molecule has 0 amide bonds. The third-order valence-electron chi connectivity index (χ3n) is 5.09. The molecular formula is C25H18ClN3O2S. The lowest BCUT2D eigenvalue weighted by atomic mass is 10.1. The van der Waals surface area contributed by atoms with Crippen molar-refractivity contribution in [2.75, 3.05) is 0 Å². The molecular weight excluding hydrogens is 442 g/mol. The molecule has 0 fully saturated rings. The number of nitrogens with zero attached hydrogens (tertiary/aromatic N) is 3. The number of thioether (sulfide) groups is 1. The second kappa shape index (κ2) is 8.65. The van der Waals surface area contributed by atoms with Gasteiger partial charge in [-0.2, -0.15) is 0 Å². The number of para-hydroxylation sites is 1. The summed E-state index contributed by atoms with van der Waals surface area (Å²) in [7, 11) is 0. The van der Waals surface area contributed by atoms with Gasteiger partial charge in [0.2, 0.25) is 0 Å². The summed E-state index contributed by atoms with van der Waals surface area (Å²) in [5.41, 5.74) is 4.06. The van der Waals surface area contributed by atoms with Gasteiger partial charge in [-0.05, 0) is 60.5 Å². The van der Waals surface area contributed by atoms with Crippen LogP contribution < -0.4 is 5.63 Å². The van der Waals surface area contributed by atoms with E-state index in [4.69, 9.17) is 16.0 Å². The highest BCUT2D eigenvalue weighted by Crippen LogP contribution is 2.31. The van der Waals surface area contributed by atoms with Crippen LogP contribution in [-0.2, 0) is 5.75 Å². The molecule has 0 saturated heterocycles. The van der Waals surface area contributed by atoms with Crippen molar-refractivity contribution in [3.8, 4) is 17.1 Å². The number of benzene rings is 3. The van der Waals surface area contributed by atoms with Gasteiger partial charge in [0.1, 0.15) is 5.58 Å². The Morgan fingerprint density at radius 2 is 1.75 bits per heavy atom. The smallest absolute Gasteiger partial charge is 0.336 e. The number of fused-ring (bicyclic) bond motifs is 1. The lowest BCUT2D eigenvalue weighted by molar-refractivity contribution is 0.559. The fourth-order valence-corrected chi connectivity index (χ4v) is 4.63. The van der Waals surface area contributed by atoms with E-state index in [0.717, 1.165) is 38.7 Å². The number of halogens is 1. The minimum absolute atomic E-state index is 0.356. The zero-order valence-electron chi connectivity index (χ0n) is 17.2. The molecule has 7 heteroatoms. The topological polar surface area (TPSA) is 60.9 Å². The minimum atomic E-state index is -0.356. The maximum Gasteiger partial charge on any atom is 0.336 e. The van der Waals surface area contributed by atoms with E-state index in [1.807, 2.05) is 84.3 Å². The van der Waals surface area contributed by atoms with Crippen LogP contribution in [0, 0.1) is 6.92 Å². The van der Waals surface area contributed by atoms with Crippen LogP contribution >= 0.6 is 23.4 Å². The number of rotatable bonds is 5. The van der Waals surface area contributed by atoms with E-state index in [0.29, 0.717) is 16.4 Å². The molecule has 0 unspecified atom stereocenters. The van der Waals surface area contributed by atoms with Crippen molar-refractivity contribution in [1.82, 2.24) is 14.8 Å². The molecule has 0 spiro atoms. The number of aromatic nitrogens is 3. The van der Waals surface area contributed by atoms with E-state index in [2.05, 4.69) is 10.2 Å². The first-order valence-corrected chi connectivity index (χ1v) is 11.4. The first-order chi connectivity index (χ1) is 15.6. The van der Waals surface area contributed by atoms with E-state index in [1.54, 1.807) is 6.07 Å². The van der Waals surface area contributed by atoms with Crippen molar-refractivity contribution in [3.05, 3.63) is 105 Å². The summed E-state index contributed by atoms with van der Waals surface area (Å²) >= 11 is 7.59. The van der Waals surface area contributed by atoms with Gasteiger partial charge < -0.3 is 4.42 Å². The summed E-state index contributed by atoms with van der Waals surface area (Å²) in [4.78, 5) is 12.1. The Morgan fingerprint density at radius 1 is 0.969 bits per heavy atom. The average molecular weight is 460 g/mol. The summed E-state index contributed by atoms with van der Waals surface area (Å²) in [6.07, 6.45) is 0. The first kappa shape index (κ1) is 20.5. The highest BCUT2D eigenvalue weighted by Gasteiger charge is 2.17. The minimum Gasteiger partial charge on any atom is -0.423 e. The summed E-state index contributed by atoms with van der Waals surface area (Å²) in [6.45, 7) is 1.97. The molecule has 3 aromatic carbocycles. The Kier molecular flexibility index (Phi) is 5.55. The summed E-state index contributed by atoms with van der Waals surface area (Å²) in [5.74, 6) is 1.28. The van der Waals surface area contributed by atoms with Crippen molar-refractivity contribution >= 4 is 34.3 Å². The maximum absolute atomic E-state index is 12.1. The van der Waals surface area contributed by atoms with Crippen LogP contribution in [0.2, 0.25) is 5.02 Å². The molecule has 0 N–H and O–H groups in total. The van der Waals surface area contributed by atoms with Crippen molar-refractivity contribution in [1.29, 1.82) is 0 Å². The highest BCUT2D eigenvalue weighted by atomic mass is 35.5. The molecule has 2 aromatic heterocycles. The number of aryl methyl sites for hydroxylation is 1. The van der Waals surface area contributed by atoms with Gasteiger partial charge in [0.25, 0.3) is 0 Å². The second-order valence-electron chi connectivity index (χ2n) is 7.36. The Hall–Kier alpha value is -3.35. The third-order valence-corrected chi connectivity index (χ3v) is 6.32. The molecule has 5 rings (SSSR count). The molecule has 0 aliphatic carbocycles. The molecule has 0 saturated carbocycles. The van der Waals surface area contributed by atoms with Gasteiger partial charge >= 0.3 is 5.63 Å². The van der Waals surface area contributed by atoms with Crippen LogP contribution in [0.3, 0.4) is 0 Å². The Morgan fingerprint density at radius 3 is 2.53 bits per heavy atom. The average Bonchev–Trinajstić information content (AvgIpc) is 3.22. The zero-order valence-corrected chi connectivity index (χ0v) is 18.7. The highest BCUT2D eigenvalue weighted by molar-refractivity contribution is 7.98. The Balaban J connectivity index is 1.56. The number of hydrogen-bond acceptors (Lipinski definition) is 5. The lowest BCUT2D eigenvalue weighted by Gasteiger charge is -2.11. The van der Waals surface area contributed by atoms with Crippen LogP contribution in [0.15, 0.2) is 93.2 Å². The molecule has 0 atom stereocenters. The quantitative estimate of drug-likeness (QED) is 0.228. The van der Waals surface area contributed by atoms with E-state index >= 15 is 0 Å². The van der Waals surface area contributed by atoms with Crippen LogP contribution in [0.25, 0.3) is 28.0 Å². The largest absolute Gasteiger partial charge is 0.423 e. The molecule has 2 heterocycles. The zero-order chi connectivity index (χ0) is 22.1. The predicted octanol–water partition coefficient (Wildman–Crippen LogP) is 6.29. The first-order valence-electron chi connectivity index (χ1n) is 10.0. The van der Waals surface area contributed by atoms with E-state index in [9.17, 15) is 4.79 Å². The van der Waals surface area contributed by atoms with Crippen LogP contribution in [-0.4, -0.2) is 14.8 Å². The van der Waals surface area contributed by atoms with Gasteiger partial charge in [-0.15, -0.1) is 10.2 Å². The van der Waals surface area contributed by atoms with Crippen LogP contribution in [0.4, 0.5) is 0 Å². The van der Waals surface area contributed by atoms with E-state index in [-0.39, 0.29) is 5.63 Å². The SMILES string of the molecule is Cc1ccc2c(CSc3nnc(-c4ccc(Cl)cc4)n3-c3ccccc3)cc(=O)oc2c1. The Labute approximate surface area is 193 Å². The Bertz CT molecular complexity index is 1460. The standard InChI is InChI=1S/C25H18ClN3O2S/c1-16-7-12-21-18(14-23(30)31-22(21)13-16)15-32-25-28-27-24(17-8-10-19(26)11-9-17)29(25)20-5-3-2-4-6-20/h2-14H,15H2,1H3. The molecule has 5 nitrogen and oxygen atoms in total. The van der Waals surface area contributed by atoms with E-state index < -0.39 is 0 Å². The molecule has 5 aromatic rings. The monoisotopic (exact) mass is 459 g/mol. The molecule has 32 heavy (non-hydrogen) atoms. The summed E-state index contributed by atoms with van der Waals surface area (Å²) in [5, 5.41) is 11.2. The molecule has 0 bridgehead atoms. The third kappa shape index (κ3) is 4.07. The lowest BCUT2D eigenvalue weighted by Crippen LogP contribution is -2.02. The molecule has 158 valence electrons. The van der Waals surface area contributed by atoms with Crippen molar-refractivity contribution in [3.63, 3.8) is 0 Å². The van der Waals surface area contributed by atoms with Gasteiger partial charge in [0.15, 0.2) is 11.0 Å². The van der Waals surface area contributed by atoms with Crippen molar-refractivity contribution in [2.24, 2.45) is 0 Å². The second-order valence-corrected chi connectivity index (χ2v) is 8.74. The van der Waals surface area contributed by atoms with Crippen LogP contribution in [0.1, 0.15) is 11.1 Å². The normalized spacial score (nSPS) is 11.2. The molecule has 0 aliphatic heterocycles. The predicted molar refractivity (Wildman–Crippen MR) is 129 cm³/mol. The van der Waals surface area contributed by atoms with Gasteiger partial charge in [0, 0.05) is 33.5 Å². The van der Waals surface area contributed by atoms with E-state index in [1.165, 1.54) is 11.8 Å².